The summed E-state index contributed by atoms with van der Waals surface area (Å²) in [5, 5.41) is 22.0. The standard InChI is InChI=1S/C27H26N6O3S2/c1-15-9-10-20(36-15)22-17(13-28)24(29)33(18-11-27(2,3)12-19(34)23(18)22)25-31-32-26(38-25)37-14-21(35)30-16-7-5-4-6-8-16/h4-10,22H,11-12,14,29H2,1-3H3,(H,30,35). The highest BCUT2D eigenvalue weighted by molar-refractivity contribution is 8.01. The van der Waals surface area contributed by atoms with Crippen LogP contribution < -0.4 is 16.0 Å². The molecule has 0 saturated heterocycles. The van der Waals surface area contributed by atoms with Crippen LogP contribution in [-0.4, -0.2) is 27.6 Å². The maximum Gasteiger partial charge on any atom is 0.234 e. The van der Waals surface area contributed by atoms with Crippen LogP contribution in [0.2, 0.25) is 0 Å². The molecule has 9 nitrogen and oxygen atoms in total. The molecule has 194 valence electrons. The van der Waals surface area contributed by atoms with E-state index in [9.17, 15) is 14.9 Å². The van der Waals surface area contributed by atoms with Crippen LogP contribution in [0.15, 0.2) is 73.9 Å². The lowest BCUT2D eigenvalue weighted by atomic mass is 9.69. The molecule has 0 spiro atoms. The van der Waals surface area contributed by atoms with E-state index in [1.807, 2.05) is 57.2 Å². The first kappa shape index (κ1) is 25.8. The maximum atomic E-state index is 13.5. The molecule has 11 heteroatoms. The second-order valence-electron chi connectivity index (χ2n) is 9.98. The van der Waals surface area contributed by atoms with Gasteiger partial charge in [-0.1, -0.05) is 55.1 Å². The van der Waals surface area contributed by atoms with Crippen LogP contribution in [0, 0.1) is 23.7 Å². The predicted molar refractivity (Wildman–Crippen MR) is 146 cm³/mol. The van der Waals surface area contributed by atoms with E-state index in [0.717, 1.165) is 5.69 Å². The molecule has 1 atom stereocenters. The Bertz CT molecular complexity index is 1510. The van der Waals surface area contributed by atoms with Crippen molar-refractivity contribution in [2.45, 2.75) is 43.9 Å². The molecule has 1 aliphatic heterocycles. The van der Waals surface area contributed by atoms with Crippen LogP contribution in [0.25, 0.3) is 0 Å². The molecule has 1 aliphatic carbocycles. The highest BCUT2D eigenvalue weighted by Gasteiger charge is 2.46. The molecule has 3 N–H and O–H groups in total. The van der Waals surface area contributed by atoms with Crippen molar-refractivity contribution in [1.82, 2.24) is 10.2 Å². The first-order chi connectivity index (χ1) is 18.2. The van der Waals surface area contributed by atoms with Crippen molar-refractivity contribution in [3.63, 3.8) is 0 Å². The molecule has 0 radical (unpaired) electrons. The third kappa shape index (κ3) is 4.97. The van der Waals surface area contributed by atoms with E-state index in [0.29, 0.717) is 45.1 Å². The summed E-state index contributed by atoms with van der Waals surface area (Å²) in [6, 6.07) is 15.0. The van der Waals surface area contributed by atoms with Crippen LogP contribution in [-0.2, 0) is 9.59 Å². The summed E-state index contributed by atoms with van der Waals surface area (Å²) in [6.07, 6.45) is 0.910. The molecule has 2 aromatic heterocycles. The summed E-state index contributed by atoms with van der Waals surface area (Å²) in [7, 11) is 0. The normalized spacial score (nSPS) is 18.8. The van der Waals surface area contributed by atoms with Gasteiger partial charge in [-0.15, -0.1) is 10.2 Å². The number of hydrogen-bond donors (Lipinski definition) is 2. The highest BCUT2D eigenvalue weighted by Crippen LogP contribution is 2.50. The van der Waals surface area contributed by atoms with Gasteiger partial charge in [-0.25, -0.2) is 0 Å². The third-order valence-electron chi connectivity index (χ3n) is 6.40. The molecule has 3 heterocycles. The zero-order chi connectivity index (χ0) is 27.0. The lowest BCUT2D eigenvalue weighted by Gasteiger charge is -2.42. The van der Waals surface area contributed by atoms with Crippen LogP contribution in [0.5, 0.6) is 0 Å². The van der Waals surface area contributed by atoms with Gasteiger partial charge in [0.15, 0.2) is 10.1 Å². The minimum absolute atomic E-state index is 0.0442. The van der Waals surface area contributed by atoms with Gasteiger partial charge in [0, 0.05) is 23.4 Å². The summed E-state index contributed by atoms with van der Waals surface area (Å²) in [5.74, 6) is 0.668. The van der Waals surface area contributed by atoms with E-state index in [-0.39, 0.29) is 34.3 Å². The molecule has 3 aromatic rings. The zero-order valence-corrected chi connectivity index (χ0v) is 22.8. The average molecular weight is 547 g/mol. The Hall–Kier alpha value is -3.88. The minimum Gasteiger partial charge on any atom is -0.465 e. The van der Waals surface area contributed by atoms with E-state index >= 15 is 0 Å². The van der Waals surface area contributed by atoms with E-state index in [1.54, 1.807) is 11.0 Å². The van der Waals surface area contributed by atoms with E-state index < -0.39 is 5.92 Å². The number of amides is 1. The van der Waals surface area contributed by atoms with Gasteiger partial charge in [0.25, 0.3) is 0 Å². The Morgan fingerprint density at radius 1 is 1.26 bits per heavy atom. The van der Waals surface area contributed by atoms with Crippen molar-refractivity contribution in [3.05, 3.63) is 76.6 Å². The molecule has 0 fully saturated rings. The fourth-order valence-electron chi connectivity index (χ4n) is 4.82. The van der Waals surface area contributed by atoms with Crippen molar-refractivity contribution >= 4 is 45.6 Å². The van der Waals surface area contributed by atoms with Crippen LogP contribution in [0.1, 0.15) is 44.1 Å². The number of ketones is 1. The van der Waals surface area contributed by atoms with Crippen molar-refractivity contribution in [3.8, 4) is 6.07 Å². The van der Waals surface area contributed by atoms with Gasteiger partial charge < -0.3 is 15.5 Å². The van der Waals surface area contributed by atoms with Crippen LogP contribution in [0.4, 0.5) is 10.8 Å². The first-order valence-corrected chi connectivity index (χ1v) is 13.8. The number of aromatic nitrogens is 2. The van der Waals surface area contributed by atoms with Gasteiger partial charge in [0.2, 0.25) is 11.0 Å². The van der Waals surface area contributed by atoms with Crippen LogP contribution >= 0.6 is 23.1 Å². The molecular weight excluding hydrogens is 520 g/mol. The van der Waals surface area contributed by atoms with E-state index in [2.05, 4.69) is 21.6 Å². The number of allylic oxidation sites excluding steroid dienone is 3. The Labute approximate surface area is 228 Å². The average Bonchev–Trinajstić information content (AvgIpc) is 3.51. The molecule has 1 amide bonds. The van der Waals surface area contributed by atoms with Gasteiger partial charge in [-0.05, 0) is 43.0 Å². The predicted octanol–water partition coefficient (Wildman–Crippen LogP) is 5.11. The number of Topliss-reactive ketones (excluding diaryl/α,β-unsaturated/α-hetero) is 1. The van der Waals surface area contributed by atoms with Gasteiger partial charge >= 0.3 is 0 Å². The number of nitrogens with two attached hydrogens (primary N) is 1. The minimum atomic E-state index is -0.674. The Balaban J connectivity index is 1.47. The lowest BCUT2D eigenvalue weighted by Crippen LogP contribution is -2.42. The van der Waals surface area contributed by atoms with Gasteiger partial charge in [-0.2, -0.15) is 5.26 Å². The number of para-hydroxylation sites is 1. The number of nitrogens with zero attached hydrogens (tertiary/aromatic N) is 4. The zero-order valence-electron chi connectivity index (χ0n) is 21.1. The molecule has 38 heavy (non-hydrogen) atoms. The number of rotatable bonds is 6. The SMILES string of the molecule is Cc1ccc(C2C(C#N)=C(N)N(c3nnc(SCC(=O)Nc4ccccc4)s3)C3=C2C(=O)CC(C)(C)C3)o1. The molecule has 1 unspecified atom stereocenters. The van der Waals surface area contributed by atoms with Gasteiger partial charge in [0.05, 0.1) is 23.3 Å². The smallest absolute Gasteiger partial charge is 0.234 e. The monoisotopic (exact) mass is 546 g/mol. The number of carbonyl (C=O) groups is 2. The number of furan rings is 1. The highest BCUT2D eigenvalue weighted by atomic mass is 32.2. The second-order valence-corrected chi connectivity index (χ2v) is 12.2. The molecule has 2 aliphatic rings. The number of carbonyl (C=O) groups excluding carboxylic acids is 2. The topological polar surface area (TPSA) is 138 Å². The Morgan fingerprint density at radius 2 is 2.03 bits per heavy atom. The third-order valence-corrected chi connectivity index (χ3v) is 8.44. The molecule has 0 saturated carbocycles. The summed E-state index contributed by atoms with van der Waals surface area (Å²) in [4.78, 5) is 27.6. The number of aryl methyl sites for hydroxylation is 1. The molecular formula is C27H26N6O3S2. The Kier molecular flexibility index (Phi) is 6.86. The maximum absolute atomic E-state index is 13.5. The quantitative estimate of drug-likeness (QED) is 0.404. The fraction of sp³-hybridized carbons (Fsp3) is 0.296. The van der Waals surface area contributed by atoms with E-state index in [4.69, 9.17) is 10.2 Å². The van der Waals surface area contributed by atoms with Crippen LogP contribution in [0.3, 0.4) is 0 Å². The van der Waals surface area contributed by atoms with Crippen molar-refractivity contribution in [1.29, 1.82) is 5.26 Å². The van der Waals surface area contributed by atoms with Crippen molar-refractivity contribution in [2.24, 2.45) is 11.1 Å². The van der Waals surface area contributed by atoms with Crippen molar-refractivity contribution in [2.75, 3.05) is 16.0 Å². The molecule has 1 aromatic carbocycles. The van der Waals surface area contributed by atoms with Crippen molar-refractivity contribution < 1.29 is 14.0 Å². The lowest BCUT2D eigenvalue weighted by molar-refractivity contribution is -0.118. The summed E-state index contributed by atoms with van der Waals surface area (Å²) < 4.78 is 6.45. The number of nitrogens with one attached hydrogen (secondary N) is 1. The van der Waals surface area contributed by atoms with Gasteiger partial charge in [-0.3, -0.25) is 14.5 Å². The number of nitriles is 1. The largest absolute Gasteiger partial charge is 0.465 e. The fourth-order valence-corrected chi connectivity index (χ4v) is 6.50. The number of thioether (sulfide) groups is 1. The van der Waals surface area contributed by atoms with E-state index in [1.165, 1.54) is 23.1 Å². The Morgan fingerprint density at radius 3 is 2.71 bits per heavy atom. The number of hydrogen-bond acceptors (Lipinski definition) is 10. The van der Waals surface area contributed by atoms with Gasteiger partial charge in [0.1, 0.15) is 17.3 Å². The summed E-state index contributed by atoms with van der Waals surface area (Å²) >= 11 is 2.51. The molecule has 0 bridgehead atoms. The number of anilines is 2. The number of benzene rings is 1. The summed E-state index contributed by atoms with van der Waals surface area (Å²) in [5.41, 5.74) is 8.49. The first-order valence-electron chi connectivity index (χ1n) is 12.0. The second kappa shape index (κ2) is 10.1. The summed E-state index contributed by atoms with van der Waals surface area (Å²) in [6.45, 7) is 5.89. The molecule has 5 rings (SSSR count).